The van der Waals surface area contributed by atoms with Crippen molar-refractivity contribution in [1.29, 1.82) is 0 Å². The molecule has 0 fully saturated rings. The number of fused-ring (bicyclic) bond motifs is 1. The van der Waals surface area contributed by atoms with Gasteiger partial charge in [-0.1, -0.05) is 30.4 Å². The number of thiazole rings is 1. The number of aryl methyl sites for hydroxylation is 1. The summed E-state index contributed by atoms with van der Waals surface area (Å²) in [5, 5.41) is 11.7. The summed E-state index contributed by atoms with van der Waals surface area (Å²) >= 11 is 1.47. The molecular weight excluding hydrogens is 388 g/mol. The number of nitrogens with zero attached hydrogens (tertiary/aromatic N) is 4. The number of nitro benzene ring substituents is 1. The number of amides is 1. The van der Waals surface area contributed by atoms with E-state index in [2.05, 4.69) is 22.9 Å². The zero-order valence-electron chi connectivity index (χ0n) is 16.8. The van der Waals surface area contributed by atoms with E-state index < -0.39 is 4.92 Å². The van der Waals surface area contributed by atoms with E-state index in [9.17, 15) is 14.9 Å². The molecule has 3 aromatic rings. The van der Waals surface area contributed by atoms with Crippen molar-refractivity contribution in [2.24, 2.45) is 0 Å². The predicted molar refractivity (Wildman–Crippen MR) is 117 cm³/mol. The van der Waals surface area contributed by atoms with Crippen LogP contribution in [0.1, 0.15) is 29.3 Å². The van der Waals surface area contributed by atoms with Crippen LogP contribution in [-0.4, -0.2) is 47.9 Å². The maximum atomic E-state index is 13.3. The Morgan fingerprint density at radius 3 is 2.66 bits per heavy atom. The van der Waals surface area contributed by atoms with Crippen molar-refractivity contribution in [3.8, 4) is 0 Å². The number of hydrogen-bond acceptors (Lipinski definition) is 6. The fourth-order valence-corrected chi connectivity index (χ4v) is 4.08. The van der Waals surface area contributed by atoms with Crippen molar-refractivity contribution in [3.63, 3.8) is 0 Å². The monoisotopic (exact) mass is 412 g/mol. The minimum Gasteiger partial charge on any atom is -0.309 e. The van der Waals surface area contributed by atoms with Crippen molar-refractivity contribution in [3.05, 3.63) is 63.7 Å². The topological polar surface area (TPSA) is 79.6 Å². The van der Waals surface area contributed by atoms with Crippen LogP contribution in [0.4, 0.5) is 10.8 Å². The summed E-state index contributed by atoms with van der Waals surface area (Å²) in [6.07, 6.45) is 1.70. The molecular formula is C21H24N4O3S. The summed E-state index contributed by atoms with van der Waals surface area (Å²) in [7, 11) is 3.97. The van der Waals surface area contributed by atoms with Gasteiger partial charge < -0.3 is 4.90 Å². The summed E-state index contributed by atoms with van der Waals surface area (Å²) in [5.41, 5.74) is 2.27. The largest absolute Gasteiger partial charge is 0.309 e. The van der Waals surface area contributed by atoms with Gasteiger partial charge in [0.25, 0.3) is 11.6 Å². The van der Waals surface area contributed by atoms with E-state index in [1.807, 2.05) is 26.2 Å². The Bertz CT molecular complexity index is 1030. The summed E-state index contributed by atoms with van der Waals surface area (Å²) in [4.78, 5) is 32.2. The van der Waals surface area contributed by atoms with Gasteiger partial charge in [-0.25, -0.2) is 4.98 Å². The number of hydrogen-bond donors (Lipinski definition) is 0. The standard InChI is InChI=1S/C21H24N4O3S/c1-4-15-9-10-18-19(13-15)29-21(22-18)24(12-6-11-23(2)3)20(26)16-7-5-8-17(14-16)25(27)28/h5,7-10,13-14H,4,6,11-12H2,1-3H3. The zero-order chi connectivity index (χ0) is 21.0. The normalized spacial score (nSPS) is 11.2. The van der Waals surface area contributed by atoms with E-state index >= 15 is 0 Å². The Kier molecular flexibility index (Phi) is 6.56. The molecule has 0 saturated heterocycles. The highest BCUT2D eigenvalue weighted by atomic mass is 32.1. The van der Waals surface area contributed by atoms with Gasteiger partial charge >= 0.3 is 0 Å². The third-order valence-corrected chi connectivity index (χ3v) is 5.66. The van der Waals surface area contributed by atoms with Gasteiger partial charge in [-0.3, -0.25) is 19.8 Å². The number of benzene rings is 2. The number of carbonyl (C=O) groups is 1. The number of aromatic nitrogens is 1. The number of carbonyl (C=O) groups excluding carboxylic acids is 1. The molecule has 1 heterocycles. The Labute approximate surface area is 173 Å². The predicted octanol–water partition coefficient (Wildman–Crippen LogP) is 4.37. The molecule has 0 saturated carbocycles. The number of anilines is 1. The molecule has 2 aromatic carbocycles. The van der Waals surface area contributed by atoms with Gasteiger partial charge in [-0.2, -0.15) is 0 Å². The third-order valence-electron chi connectivity index (χ3n) is 4.62. The first-order chi connectivity index (χ1) is 13.9. The molecule has 7 nitrogen and oxygen atoms in total. The van der Waals surface area contributed by atoms with Crippen molar-refractivity contribution < 1.29 is 9.72 Å². The van der Waals surface area contributed by atoms with Crippen LogP contribution in [0.15, 0.2) is 42.5 Å². The van der Waals surface area contributed by atoms with Gasteiger partial charge in [0.15, 0.2) is 5.13 Å². The van der Waals surface area contributed by atoms with Crippen molar-refractivity contribution in [2.75, 3.05) is 32.1 Å². The first-order valence-corrected chi connectivity index (χ1v) is 10.3. The molecule has 3 rings (SSSR count). The second kappa shape index (κ2) is 9.11. The lowest BCUT2D eigenvalue weighted by atomic mass is 10.1. The molecule has 29 heavy (non-hydrogen) atoms. The van der Waals surface area contributed by atoms with Crippen LogP contribution in [0.25, 0.3) is 10.2 Å². The Balaban J connectivity index is 1.96. The number of nitro groups is 1. The maximum Gasteiger partial charge on any atom is 0.270 e. The van der Waals surface area contributed by atoms with Crippen molar-refractivity contribution >= 4 is 38.3 Å². The number of non-ortho nitro benzene ring substituents is 1. The summed E-state index contributed by atoms with van der Waals surface area (Å²) in [6, 6.07) is 12.0. The highest BCUT2D eigenvalue weighted by Gasteiger charge is 2.22. The Hall–Kier alpha value is -2.84. The molecule has 0 N–H and O–H groups in total. The van der Waals surface area contributed by atoms with Crippen LogP contribution in [-0.2, 0) is 6.42 Å². The summed E-state index contributed by atoms with van der Waals surface area (Å²) in [5.74, 6) is -0.276. The molecule has 1 amide bonds. The molecule has 0 aliphatic heterocycles. The number of rotatable bonds is 8. The van der Waals surface area contributed by atoms with E-state index in [1.165, 1.54) is 35.1 Å². The van der Waals surface area contributed by atoms with Crippen LogP contribution >= 0.6 is 11.3 Å². The van der Waals surface area contributed by atoms with Crippen LogP contribution in [0, 0.1) is 10.1 Å². The van der Waals surface area contributed by atoms with Crippen LogP contribution < -0.4 is 4.90 Å². The average molecular weight is 413 g/mol. The van der Waals surface area contributed by atoms with E-state index in [4.69, 9.17) is 0 Å². The molecule has 152 valence electrons. The lowest BCUT2D eigenvalue weighted by Crippen LogP contribution is -2.33. The highest BCUT2D eigenvalue weighted by Crippen LogP contribution is 2.31. The molecule has 0 aliphatic carbocycles. The molecule has 0 radical (unpaired) electrons. The second-order valence-corrected chi connectivity index (χ2v) is 8.08. The van der Waals surface area contributed by atoms with Gasteiger partial charge in [0, 0.05) is 24.2 Å². The molecule has 0 unspecified atom stereocenters. The lowest BCUT2D eigenvalue weighted by Gasteiger charge is -2.21. The van der Waals surface area contributed by atoms with Gasteiger partial charge in [-0.05, 0) is 57.2 Å². The van der Waals surface area contributed by atoms with E-state index in [0.29, 0.717) is 11.7 Å². The zero-order valence-corrected chi connectivity index (χ0v) is 17.6. The minimum absolute atomic E-state index is 0.0963. The van der Waals surface area contributed by atoms with Gasteiger partial charge in [-0.15, -0.1) is 0 Å². The molecule has 0 spiro atoms. The van der Waals surface area contributed by atoms with Crippen LogP contribution in [0.3, 0.4) is 0 Å². The Morgan fingerprint density at radius 1 is 1.17 bits per heavy atom. The molecule has 0 aliphatic rings. The molecule has 1 aromatic heterocycles. The first kappa shape index (κ1) is 20.9. The molecule has 8 heteroatoms. The van der Waals surface area contributed by atoms with Gasteiger partial charge in [0.2, 0.25) is 0 Å². The first-order valence-electron chi connectivity index (χ1n) is 9.49. The highest BCUT2D eigenvalue weighted by molar-refractivity contribution is 7.22. The summed E-state index contributed by atoms with van der Waals surface area (Å²) < 4.78 is 1.03. The smallest absolute Gasteiger partial charge is 0.270 e. The average Bonchev–Trinajstić information content (AvgIpc) is 3.13. The fourth-order valence-electron chi connectivity index (χ4n) is 3.03. The van der Waals surface area contributed by atoms with E-state index in [0.717, 1.165) is 29.6 Å². The third kappa shape index (κ3) is 4.96. The molecule has 0 bridgehead atoms. The van der Waals surface area contributed by atoms with E-state index in [-0.39, 0.29) is 17.2 Å². The lowest BCUT2D eigenvalue weighted by molar-refractivity contribution is -0.384. The van der Waals surface area contributed by atoms with Crippen LogP contribution in [0.2, 0.25) is 0 Å². The summed E-state index contributed by atoms with van der Waals surface area (Å²) in [6.45, 7) is 3.41. The van der Waals surface area contributed by atoms with Gasteiger partial charge in [0.05, 0.1) is 15.1 Å². The minimum atomic E-state index is -0.489. The molecule has 0 atom stereocenters. The SMILES string of the molecule is CCc1ccc2nc(N(CCCN(C)C)C(=O)c3cccc([N+](=O)[O-])c3)sc2c1. The van der Waals surface area contributed by atoms with Crippen molar-refractivity contribution in [2.45, 2.75) is 19.8 Å². The fraction of sp³-hybridized carbons (Fsp3) is 0.333. The maximum absolute atomic E-state index is 13.3. The van der Waals surface area contributed by atoms with Gasteiger partial charge in [0.1, 0.15) is 0 Å². The van der Waals surface area contributed by atoms with Crippen LogP contribution in [0.5, 0.6) is 0 Å². The quantitative estimate of drug-likeness (QED) is 0.406. The Morgan fingerprint density at radius 2 is 1.97 bits per heavy atom. The van der Waals surface area contributed by atoms with Crippen molar-refractivity contribution in [1.82, 2.24) is 9.88 Å². The second-order valence-electron chi connectivity index (χ2n) is 7.07. The van der Waals surface area contributed by atoms with E-state index in [1.54, 1.807) is 11.0 Å².